The molecule has 3 aromatic carbocycles. The average Bonchev–Trinajstić information content (AvgIpc) is 3.16. The van der Waals surface area contributed by atoms with Gasteiger partial charge in [0.1, 0.15) is 6.61 Å². The van der Waals surface area contributed by atoms with E-state index in [1.165, 1.54) is 19.2 Å². The summed E-state index contributed by atoms with van der Waals surface area (Å²) in [7, 11) is 1.50. The highest BCUT2D eigenvalue weighted by Crippen LogP contribution is 2.31. The molecule has 0 bridgehead atoms. The van der Waals surface area contributed by atoms with Crippen molar-refractivity contribution in [1.82, 2.24) is 5.01 Å². The Labute approximate surface area is 201 Å². The number of carbonyl (C=O) groups excluding carboxylic acids is 2. The molecule has 0 radical (unpaired) electrons. The quantitative estimate of drug-likeness (QED) is 0.215. The SMILES string of the molecule is COc1cc(/C=C2/C(=O)N(C(=O)c3ccccc3)N=C2C)ccc1OCc1ccc([N+](=O)[O-])cc1. The molecule has 176 valence electrons. The fourth-order valence-corrected chi connectivity index (χ4v) is 3.46. The summed E-state index contributed by atoms with van der Waals surface area (Å²) in [6, 6.07) is 19.7. The van der Waals surface area contributed by atoms with Gasteiger partial charge in [0.25, 0.3) is 17.5 Å². The van der Waals surface area contributed by atoms with Crippen LogP contribution in [0.1, 0.15) is 28.4 Å². The molecule has 3 aromatic rings. The Hall–Kier alpha value is -4.79. The summed E-state index contributed by atoms with van der Waals surface area (Å²) in [4.78, 5) is 35.9. The second-order valence-electron chi connectivity index (χ2n) is 7.65. The maximum atomic E-state index is 12.9. The first-order valence-corrected chi connectivity index (χ1v) is 10.6. The van der Waals surface area contributed by atoms with Crippen molar-refractivity contribution in [3.8, 4) is 11.5 Å². The molecule has 1 aliphatic rings. The third-order valence-corrected chi connectivity index (χ3v) is 5.32. The molecular formula is C26H21N3O6. The van der Waals surface area contributed by atoms with Gasteiger partial charge in [0.05, 0.1) is 23.3 Å². The molecule has 0 unspecified atom stereocenters. The molecule has 9 nitrogen and oxygen atoms in total. The molecule has 0 aliphatic carbocycles. The fourth-order valence-electron chi connectivity index (χ4n) is 3.46. The Morgan fingerprint density at radius 1 is 1.06 bits per heavy atom. The molecule has 0 aromatic heterocycles. The van der Waals surface area contributed by atoms with Gasteiger partial charge < -0.3 is 9.47 Å². The Bertz CT molecular complexity index is 1350. The Kier molecular flexibility index (Phi) is 6.68. The van der Waals surface area contributed by atoms with Crippen molar-refractivity contribution < 1.29 is 24.0 Å². The van der Waals surface area contributed by atoms with E-state index in [9.17, 15) is 19.7 Å². The van der Waals surface area contributed by atoms with E-state index in [0.29, 0.717) is 33.9 Å². The van der Waals surface area contributed by atoms with Gasteiger partial charge in [-0.3, -0.25) is 19.7 Å². The largest absolute Gasteiger partial charge is 0.493 e. The number of methoxy groups -OCH3 is 1. The topological polar surface area (TPSA) is 111 Å². The Balaban J connectivity index is 1.50. The molecule has 4 rings (SSSR count). The average molecular weight is 471 g/mol. The van der Waals surface area contributed by atoms with Gasteiger partial charge in [0.15, 0.2) is 11.5 Å². The molecule has 0 N–H and O–H groups in total. The number of imide groups is 1. The van der Waals surface area contributed by atoms with Gasteiger partial charge in [0.2, 0.25) is 0 Å². The van der Waals surface area contributed by atoms with Crippen LogP contribution in [0.5, 0.6) is 11.5 Å². The molecule has 0 saturated heterocycles. The van der Waals surface area contributed by atoms with Gasteiger partial charge in [-0.05, 0) is 60.5 Å². The lowest BCUT2D eigenvalue weighted by Gasteiger charge is -2.12. The molecule has 0 saturated carbocycles. The first-order valence-electron chi connectivity index (χ1n) is 10.6. The monoisotopic (exact) mass is 471 g/mol. The third kappa shape index (κ3) is 5.09. The number of rotatable bonds is 7. The number of amides is 2. The van der Waals surface area contributed by atoms with E-state index in [1.807, 2.05) is 0 Å². The van der Waals surface area contributed by atoms with Gasteiger partial charge in [-0.1, -0.05) is 24.3 Å². The van der Waals surface area contributed by atoms with Crippen LogP contribution in [0.3, 0.4) is 0 Å². The van der Waals surface area contributed by atoms with Gasteiger partial charge in [0, 0.05) is 17.7 Å². The fraction of sp³-hybridized carbons (Fsp3) is 0.115. The van der Waals surface area contributed by atoms with Crippen molar-refractivity contribution in [1.29, 1.82) is 0 Å². The minimum Gasteiger partial charge on any atom is -0.493 e. The summed E-state index contributed by atoms with van der Waals surface area (Å²) in [6.07, 6.45) is 1.64. The van der Waals surface area contributed by atoms with Crippen LogP contribution in [0, 0.1) is 10.1 Å². The van der Waals surface area contributed by atoms with Crippen LogP contribution in [-0.2, 0) is 11.4 Å². The summed E-state index contributed by atoms with van der Waals surface area (Å²) >= 11 is 0. The van der Waals surface area contributed by atoms with E-state index < -0.39 is 16.7 Å². The van der Waals surface area contributed by atoms with Crippen molar-refractivity contribution >= 4 is 29.3 Å². The maximum Gasteiger partial charge on any atom is 0.283 e. The zero-order valence-corrected chi connectivity index (χ0v) is 19.0. The van der Waals surface area contributed by atoms with Gasteiger partial charge in [-0.25, -0.2) is 0 Å². The molecule has 35 heavy (non-hydrogen) atoms. The molecule has 1 aliphatic heterocycles. The Morgan fingerprint density at radius 3 is 2.43 bits per heavy atom. The predicted octanol–water partition coefficient (Wildman–Crippen LogP) is 4.62. The number of hydrogen-bond donors (Lipinski definition) is 0. The van der Waals surface area contributed by atoms with Crippen LogP contribution in [0.2, 0.25) is 0 Å². The summed E-state index contributed by atoms with van der Waals surface area (Å²) in [5, 5.41) is 15.8. The summed E-state index contributed by atoms with van der Waals surface area (Å²) < 4.78 is 11.3. The number of carbonyl (C=O) groups is 2. The first kappa shape index (κ1) is 23.4. The van der Waals surface area contributed by atoms with Crippen LogP contribution in [0.15, 0.2) is 83.5 Å². The molecule has 0 atom stereocenters. The van der Waals surface area contributed by atoms with E-state index in [1.54, 1.807) is 73.7 Å². The number of ether oxygens (including phenoxy) is 2. The molecular weight excluding hydrogens is 450 g/mol. The lowest BCUT2D eigenvalue weighted by atomic mass is 10.1. The highest BCUT2D eigenvalue weighted by molar-refractivity contribution is 6.30. The smallest absolute Gasteiger partial charge is 0.283 e. The van der Waals surface area contributed by atoms with Crippen molar-refractivity contribution in [3.63, 3.8) is 0 Å². The van der Waals surface area contributed by atoms with Crippen LogP contribution >= 0.6 is 0 Å². The van der Waals surface area contributed by atoms with E-state index >= 15 is 0 Å². The minimum absolute atomic E-state index is 0.00745. The highest BCUT2D eigenvalue weighted by Gasteiger charge is 2.32. The second kappa shape index (κ2) is 10.0. The highest BCUT2D eigenvalue weighted by atomic mass is 16.6. The van der Waals surface area contributed by atoms with Crippen molar-refractivity contribution in [2.75, 3.05) is 7.11 Å². The summed E-state index contributed by atoms with van der Waals surface area (Å²) in [5.41, 5.74) is 2.53. The number of non-ortho nitro benzene ring substituents is 1. The number of nitro groups is 1. The van der Waals surface area contributed by atoms with Crippen LogP contribution in [-0.4, -0.2) is 34.6 Å². The number of benzene rings is 3. The Morgan fingerprint density at radius 2 is 1.77 bits per heavy atom. The minimum atomic E-state index is -0.506. The molecule has 0 fully saturated rings. The van der Waals surface area contributed by atoms with Crippen molar-refractivity contribution in [2.24, 2.45) is 5.10 Å². The number of hydrogen-bond acceptors (Lipinski definition) is 7. The summed E-state index contributed by atoms with van der Waals surface area (Å²) in [5.74, 6) is -0.0877. The van der Waals surface area contributed by atoms with E-state index in [-0.39, 0.29) is 12.3 Å². The zero-order chi connectivity index (χ0) is 24.9. The third-order valence-electron chi connectivity index (χ3n) is 5.32. The van der Waals surface area contributed by atoms with Gasteiger partial charge in [-0.15, -0.1) is 0 Å². The maximum absolute atomic E-state index is 12.9. The molecule has 0 spiro atoms. The molecule has 2 amide bonds. The zero-order valence-electron chi connectivity index (χ0n) is 19.0. The summed E-state index contributed by atoms with van der Waals surface area (Å²) in [6.45, 7) is 1.86. The van der Waals surface area contributed by atoms with Crippen LogP contribution < -0.4 is 9.47 Å². The number of nitrogens with zero attached hydrogens (tertiary/aromatic N) is 3. The second-order valence-corrected chi connectivity index (χ2v) is 7.65. The van der Waals surface area contributed by atoms with Crippen molar-refractivity contribution in [2.45, 2.75) is 13.5 Å². The standard InChI is InChI=1S/C26H21N3O6/c1-17-22(26(31)28(27-17)25(30)20-6-4-3-5-7-20)14-19-10-13-23(24(15-19)34-2)35-16-18-8-11-21(12-9-18)29(32)33/h3-15H,16H2,1-2H3/b22-14+. The predicted molar refractivity (Wildman–Crippen MR) is 129 cm³/mol. The lowest BCUT2D eigenvalue weighted by Crippen LogP contribution is -2.29. The van der Waals surface area contributed by atoms with Crippen LogP contribution in [0.25, 0.3) is 6.08 Å². The van der Waals surface area contributed by atoms with Gasteiger partial charge >= 0.3 is 0 Å². The van der Waals surface area contributed by atoms with Crippen molar-refractivity contribution in [3.05, 3.63) is 105 Å². The van der Waals surface area contributed by atoms with Gasteiger partial charge in [-0.2, -0.15) is 10.1 Å². The van der Waals surface area contributed by atoms with E-state index in [0.717, 1.165) is 10.6 Å². The normalized spacial score (nSPS) is 14.1. The first-order chi connectivity index (χ1) is 16.9. The van der Waals surface area contributed by atoms with E-state index in [2.05, 4.69) is 5.10 Å². The van der Waals surface area contributed by atoms with Crippen LogP contribution in [0.4, 0.5) is 5.69 Å². The van der Waals surface area contributed by atoms with E-state index in [4.69, 9.17) is 9.47 Å². The number of nitro benzene ring substituents is 1. The number of hydrazone groups is 1. The molecule has 9 heteroatoms. The lowest BCUT2D eigenvalue weighted by molar-refractivity contribution is -0.384. The molecule has 1 heterocycles.